The molecule has 4 nitrogen and oxygen atoms in total. The van der Waals surface area contributed by atoms with Crippen molar-refractivity contribution in [2.24, 2.45) is 0 Å². The second-order valence-corrected chi connectivity index (χ2v) is 7.30. The number of para-hydroxylation sites is 1. The van der Waals surface area contributed by atoms with Crippen molar-refractivity contribution < 1.29 is 4.79 Å². The van der Waals surface area contributed by atoms with E-state index in [9.17, 15) is 10.1 Å². The van der Waals surface area contributed by atoms with Crippen LogP contribution < -0.4 is 10.6 Å². The largest absolute Gasteiger partial charge is 0.360 e. The summed E-state index contributed by atoms with van der Waals surface area (Å²) in [5, 5.41) is 15.5. The molecule has 0 saturated carbocycles. The molecule has 2 N–H and O–H groups in total. The van der Waals surface area contributed by atoms with Gasteiger partial charge in [0.05, 0.1) is 6.04 Å². The van der Waals surface area contributed by atoms with Gasteiger partial charge in [0.25, 0.3) is 5.91 Å². The number of nitrogens with zero attached hydrogens (tertiary/aromatic N) is 1. The molecule has 1 atom stereocenters. The van der Waals surface area contributed by atoms with Gasteiger partial charge in [-0.3, -0.25) is 4.79 Å². The molecule has 1 aliphatic rings. The summed E-state index contributed by atoms with van der Waals surface area (Å²) in [6.45, 7) is 4.03. The van der Waals surface area contributed by atoms with Crippen LogP contribution in [0.25, 0.3) is 0 Å². The fraction of sp³-hybridized carbons (Fsp3) is 0.333. The zero-order chi connectivity index (χ0) is 19.9. The van der Waals surface area contributed by atoms with Crippen LogP contribution in [0.3, 0.4) is 0 Å². The van der Waals surface area contributed by atoms with Gasteiger partial charge in [0.2, 0.25) is 0 Å². The quantitative estimate of drug-likeness (QED) is 0.555. The first-order chi connectivity index (χ1) is 13.6. The standard InChI is InChI=1S/C24H27N3O/c1-3-22(20-13-12-18-9-5-6-10-19(18)14-20)27-24(28)21(15-25)16-26-23-11-7-4-8-17(23)2/h4,7-8,11-14,16,22,26H,3,5-6,9-10H2,1-2H3,(H,27,28)/b21-16-. The highest BCUT2D eigenvalue weighted by molar-refractivity contribution is 5.97. The Morgan fingerprint density at radius 1 is 1.18 bits per heavy atom. The Morgan fingerprint density at radius 3 is 2.64 bits per heavy atom. The van der Waals surface area contributed by atoms with E-state index in [2.05, 4.69) is 28.8 Å². The van der Waals surface area contributed by atoms with Crippen LogP contribution in [0.1, 0.15) is 54.5 Å². The molecule has 3 rings (SSSR count). The average Bonchev–Trinajstić information content (AvgIpc) is 2.73. The molecule has 0 saturated heterocycles. The van der Waals surface area contributed by atoms with E-state index in [1.54, 1.807) is 0 Å². The van der Waals surface area contributed by atoms with Crippen molar-refractivity contribution >= 4 is 11.6 Å². The Hall–Kier alpha value is -3.06. The normalized spacial score (nSPS) is 14.5. The molecular weight excluding hydrogens is 346 g/mol. The van der Waals surface area contributed by atoms with Crippen LogP contribution in [0.5, 0.6) is 0 Å². The lowest BCUT2D eigenvalue weighted by atomic mass is 9.88. The van der Waals surface area contributed by atoms with Gasteiger partial charge in [0, 0.05) is 11.9 Å². The lowest BCUT2D eigenvalue weighted by Crippen LogP contribution is -2.29. The van der Waals surface area contributed by atoms with Gasteiger partial charge in [-0.15, -0.1) is 0 Å². The average molecular weight is 374 g/mol. The summed E-state index contributed by atoms with van der Waals surface area (Å²) in [4.78, 5) is 12.7. The number of fused-ring (bicyclic) bond motifs is 1. The molecule has 28 heavy (non-hydrogen) atoms. The van der Waals surface area contributed by atoms with Gasteiger partial charge in [-0.1, -0.05) is 43.3 Å². The highest BCUT2D eigenvalue weighted by Gasteiger charge is 2.18. The first-order valence-electron chi connectivity index (χ1n) is 9.97. The van der Waals surface area contributed by atoms with E-state index in [0.29, 0.717) is 0 Å². The summed E-state index contributed by atoms with van der Waals surface area (Å²) in [6.07, 6.45) is 6.99. The maximum absolute atomic E-state index is 12.7. The second-order valence-electron chi connectivity index (χ2n) is 7.30. The maximum Gasteiger partial charge on any atom is 0.263 e. The Morgan fingerprint density at radius 2 is 1.93 bits per heavy atom. The van der Waals surface area contributed by atoms with E-state index >= 15 is 0 Å². The highest BCUT2D eigenvalue weighted by Crippen LogP contribution is 2.26. The summed E-state index contributed by atoms with van der Waals surface area (Å²) in [6, 6.07) is 16.2. The zero-order valence-corrected chi connectivity index (χ0v) is 16.6. The molecule has 2 aromatic carbocycles. The first kappa shape index (κ1) is 19.7. The highest BCUT2D eigenvalue weighted by atomic mass is 16.1. The number of nitrogens with one attached hydrogen (secondary N) is 2. The number of aryl methyl sites for hydroxylation is 3. The minimum Gasteiger partial charge on any atom is -0.360 e. The molecule has 0 spiro atoms. The van der Waals surface area contributed by atoms with Gasteiger partial charge in [0.1, 0.15) is 11.6 Å². The van der Waals surface area contributed by atoms with E-state index in [-0.39, 0.29) is 17.5 Å². The minimum absolute atomic E-state index is 0.0691. The third-order valence-corrected chi connectivity index (χ3v) is 5.37. The van der Waals surface area contributed by atoms with E-state index < -0.39 is 0 Å². The molecule has 0 radical (unpaired) electrons. The van der Waals surface area contributed by atoms with Crippen molar-refractivity contribution in [2.45, 2.75) is 52.0 Å². The van der Waals surface area contributed by atoms with Crippen LogP contribution in [0.15, 0.2) is 54.2 Å². The molecule has 1 unspecified atom stereocenters. The van der Waals surface area contributed by atoms with Crippen LogP contribution in [0.2, 0.25) is 0 Å². The number of carbonyl (C=O) groups excluding carboxylic acids is 1. The maximum atomic E-state index is 12.7. The number of anilines is 1. The molecule has 0 aromatic heterocycles. The first-order valence-corrected chi connectivity index (χ1v) is 9.97. The Bertz CT molecular complexity index is 924. The van der Waals surface area contributed by atoms with Crippen LogP contribution in [0, 0.1) is 18.3 Å². The van der Waals surface area contributed by atoms with Gasteiger partial charge < -0.3 is 10.6 Å². The summed E-state index contributed by atoms with van der Waals surface area (Å²) in [5.41, 5.74) is 5.94. The van der Waals surface area contributed by atoms with Crippen molar-refractivity contribution in [3.05, 3.63) is 76.5 Å². The molecule has 1 amide bonds. The topological polar surface area (TPSA) is 64.9 Å². The third-order valence-electron chi connectivity index (χ3n) is 5.37. The summed E-state index contributed by atoms with van der Waals surface area (Å²) < 4.78 is 0. The number of nitriles is 1. The SMILES string of the molecule is CCC(NC(=O)/C(C#N)=C\Nc1ccccc1C)c1ccc2c(c1)CCCC2. The van der Waals surface area contributed by atoms with Crippen molar-refractivity contribution in [1.29, 1.82) is 5.26 Å². The third kappa shape index (κ3) is 4.61. The zero-order valence-electron chi connectivity index (χ0n) is 16.6. The number of carbonyl (C=O) groups is 1. The van der Waals surface area contributed by atoms with Crippen LogP contribution in [-0.4, -0.2) is 5.91 Å². The predicted octanol–water partition coefficient (Wildman–Crippen LogP) is 4.96. The summed E-state index contributed by atoms with van der Waals surface area (Å²) in [7, 11) is 0. The molecule has 0 fully saturated rings. The van der Waals surface area contributed by atoms with Gasteiger partial charge in [-0.05, 0) is 67.3 Å². The van der Waals surface area contributed by atoms with Crippen LogP contribution in [0.4, 0.5) is 5.69 Å². The fourth-order valence-corrected chi connectivity index (χ4v) is 3.66. The van der Waals surface area contributed by atoms with Gasteiger partial charge >= 0.3 is 0 Å². The molecule has 0 heterocycles. The smallest absolute Gasteiger partial charge is 0.263 e. The molecule has 1 aliphatic carbocycles. The van der Waals surface area contributed by atoms with Gasteiger partial charge in [0.15, 0.2) is 0 Å². The van der Waals surface area contributed by atoms with Crippen LogP contribution >= 0.6 is 0 Å². The molecular formula is C24H27N3O. The van der Waals surface area contributed by atoms with Crippen molar-refractivity contribution in [3.8, 4) is 6.07 Å². The molecule has 2 aromatic rings. The molecule has 0 aliphatic heterocycles. The Labute approximate surface area is 167 Å². The summed E-state index contributed by atoms with van der Waals surface area (Å²) >= 11 is 0. The van der Waals surface area contributed by atoms with Gasteiger partial charge in [-0.2, -0.15) is 5.26 Å². The molecule has 144 valence electrons. The molecule has 4 heteroatoms. The number of hydrogen-bond donors (Lipinski definition) is 2. The van der Waals surface area contributed by atoms with Gasteiger partial charge in [-0.25, -0.2) is 0 Å². The van der Waals surface area contributed by atoms with E-state index in [1.165, 1.54) is 30.2 Å². The second kappa shape index (κ2) is 9.23. The number of benzene rings is 2. The monoisotopic (exact) mass is 373 g/mol. The Kier molecular flexibility index (Phi) is 6.49. The molecule has 0 bridgehead atoms. The van der Waals surface area contributed by atoms with Crippen LogP contribution in [-0.2, 0) is 17.6 Å². The Balaban J connectivity index is 1.72. The van der Waals surface area contributed by atoms with Crippen molar-refractivity contribution in [3.63, 3.8) is 0 Å². The minimum atomic E-state index is -0.354. The number of hydrogen-bond acceptors (Lipinski definition) is 3. The fourth-order valence-electron chi connectivity index (χ4n) is 3.66. The lowest BCUT2D eigenvalue weighted by molar-refractivity contribution is -0.117. The lowest BCUT2D eigenvalue weighted by Gasteiger charge is -2.21. The number of amides is 1. The van der Waals surface area contributed by atoms with Crippen molar-refractivity contribution in [2.75, 3.05) is 5.32 Å². The van der Waals surface area contributed by atoms with E-state index in [1.807, 2.05) is 44.2 Å². The van der Waals surface area contributed by atoms with Crippen molar-refractivity contribution in [1.82, 2.24) is 5.32 Å². The van der Waals surface area contributed by atoms with E-state index in [4.69, 9.17) is 0 Å². The number of rotatable bonds is 6. The predicted molar refractivity (Wildman–Crippen MR) is 113 cm³/mol. The van der Waals surface area contributed by atoms with E-state index in [0.717, 1.165) is 36.1 Å². The summed E-state index contributed by atoms with van der Waals surface area (Å²) in [5.74, 6) is -0.354.